The molecular weight excluding hydrogens is 353 g/mol. The highest BCUT2D eigenvalue weighted by atomic mass is 35.5. The van der Waals surface area contributed by atoms with Crippen LogP contribution in [-0.4, -0.2) is 17.6 Å². The lowest BCUT2D eigenvalue weighted by Gasteiger charge is -2.13. The van der Waals surface area contributed by atoms with E-state index in [0.29, 0.717) is 35.5 Å². The van der Waals surface area contributed by atoms with Crippen LogP contribution in [0.15, 0.2) is 36.4 Å². The zero-order valence-electron chi connectivity index (χ0n) is 15.1. The van der Waals surface area contributed by atoms with Crippen molar-refractivity contribution >= 4 is 28.5 Å². The molecule has 2 aromatic carbocycles. The Hall–Kier alpha value is -2.33. The Bertz CT molecular complexity index is 955. The lowest BCUT2D eigenvalue weighted by molar-refractivity contribution is -0.140. The van der Waals surface area contributed by atoms with Gasteiger partial charge in [0.05, 0.1) is 7.11 Å². The standard InChI is InChI=1S/C21H21ClFNO2/c1-13-9-15(10-14(2)21(13)23)19-12-16-11-17(22)6-7-18(16)24(19)8-4-5-20(25)26-3/h6-7,9-12H,4-5,8H2,1-3H3. The molecule has 3 aromatic rings. The molecule has 0 N–H and O–H groups in total. The van der Waals surface area contributed by atoms with Crippen molar-refractivity contribution in [2.45, 2.75) is 33.2 Å². The molecule has 0 saturated heterocycles. The van der Waals surface area contributed by atoms with Gasteiger partial charge in [0, 0.05) is 34.6 Å². The smallest absolute Gasteiger partial charge is 0.305 e. The molecule has 0 saturated carbocycles. The van der Waals surface area contributed by atoms with Gasteiger partial charge in [-0.1, -0.05) is 11.6 Å². The Labute approximate surface area is 157 Å². The van der Waals surface area contributed by atoms with Gasteiger partial charge in [-0.2, -0.15) is 0 Å². The number of esters is 1. The largest absolute Gasteiger partial charge is 0.469 e. The van der Waals surface area contributed by atoms with Crippen LogP contribution in [0, 0.1) is 19.7 Å². The van der Waals surface area contributed by atoms with Crippen LogP contribution in [-0.2, 0) is 16.1 Å². The van der Waals surface area contributed by atoms with Crippen molar-refractivity contribution in [1.29, 1.82) is 0 Å². The maximum Gasteiger partial charge on any atom is 0.305 e. The van der Waals surface area contributed by atoms with Crippen LogP contribution in [0.25, 0.3) is 22.2 Å². The van der Waals surface area contributed by atoms with Gasteiger partial charge in [-0.3, -0.25) is 4.79 Å². The summed E-state index contributed by atoms with van der Waals surface area (Å²) in [6.07, 6.45) is 1.01. The third kappa shape index (κ3) is 3.61. The summed E-state index contributed by atoms with van der Waals surface area (Å²) in [5.41, 5.74) is 4.20. The van der Waals surface area contributed by atoms with E-state index in [9.17, 15) is 9.18 Å². The minimum atomic E-state index is -0.223. The summed E-state index contributed by atoms with van der Waals surface area (Å²) in [5.74, 6) is -0.398. The number of benzene rings is 2. The fraction of sp³-hybridized carbons (Fsp3) is 0.286. The number of ether oxygens (including phenoxy) is 1. The molecule has 0 radical (unpaired) electrons. The first-order valence-corrected chi connectivity index (χ1v) is 8.91. The van der Waals surface area contributed by atoms with Crippen molar-refractivity contribution in [2.24, 2.45) is 0 Å². The van der Waals surface area contributed by atoms with E-state index < -0.39 is 0 Å². The van der Waals surface area contributed by atoms with Crippen LogP contribution in [0.4, 0.5) is 4.39 Å². The van der Waals surface area contributed by atoms with Gasteiger partial charge in [0.25, 0.3) is 0 Å². The summed E-state index contributed by atoms with van der Waals surface area (Å²) in [5, 5.41) is 1.69. The van der Waals surface area contributed by atoms with E-state index in [2.05, 4.69) is 10.6 Å². The normalized spacial score (nSPS) is 11.1. The Morgan fingerprint density at radius 2 is 1.85 bits per heavy atom. The lowest BCUT2D eigenvalue weighted by Crippen LogP contribution is -2.05. The molecule has 136 valence electrons. The molecule has 1 heterocycles. The van der Waals surface area contributed by atoms with Crippen molar-refractivity contribution in [3.05, 3.63) is 58.4 Å². The molecule has 26 heavy (non-hydrogen) atoms. The van der Waals surface area contributed by atoms with Crippen LogP contribution >= 0.6 is 11.6 Å². The topological polar surface area (TPSA) is 31.2 Å². The summed E-state index contributed by atoms with van der Waals surface area (Å²) < 4.78 is 20.9. The average Bonchev–Trinajstić information content (AvgIpc) is 2.96. The second-order valence-corrected chi connectivity index (χ2v) is 6.92. The number of fused-ring (bicyclic) bond motifs is 1. The van der Waals surface area contributed by atoms with Gasteiger partial charge in [-0.05, 0) is 73.4 Å². The molecule has 3 nitrogen and oxygen atoms in total. The molecule has 0 aliphatic heterocycles. The third-order valence-corrected chi connectivity index (χ3v) is 4.82. The molecule has 0 atom stereocenters. The van der Waals surface area contributed by atoms with Crippen LogP contribution in [0.2, 0.25) is 5.02 Å². The van der Waals surface area contributed by atoms with Crippen molar-refractivity contribution in [2.75, 3.05) is 7.11 Å². The van der Waals surface area contributed by atoms with Crippen LogP contribution in [0.5, 0.6) is 0 Å². The van der Waals surface area contributed by atoms with Gasteiger partial charge < -0.3 is 9.30 Å². The minimum absolute atomic E-state index is 0.176. The molecule has 3 rings (SSSR count). The molecule has 5 heteroatoms. The Morgan fingerprint density at radius 3 is 2.50 bits per heavy atom. The molecular formula is C21H21ClFNO2. The maximum absolute atomic E-state index is 14.0. The second kappa shape index (κ2) is 7.50. The number of carbonyl (C=O) groups excluding carboxylic acids is 1. The molecule has 0 unspecified atom stereocenters. The van der Waals surface area contributed by atoms with Crippen LogP contribution in [0.1, 0.15) is 24.0 Å². The SMILES string of the molecule is COC(=O)CCCn1c(-c2cc(C)c(F)c(C)c2)cc2cc(Cl)ccc21. The first kappa shape index (κ1) is 18.5. The lowest BCUT2D eigenvalue weighted by atomic mass is 10.0. The molecule has 0 bridgehead atoms. The third-order valence-electron chi connectivity index (χ3n) is 4.59. The number of rotatable bonds is 5. The molecule has 1 aromatic heterocycles. The van der Waals surface area contributed by atoms with Gasteiger partial charge in [0.2, 0.25) is 0 Å². The number of carbonyl (C=O) groups is 1. The summed E-state index contributed by atoms with van der Waals surface area (Å²) >= 11 is 6.14. The fourth-order valence-corrected chi connectivity index (χ4v) is 3.48. The summed E-state index contributed by atoms with van der Waals surface area (Å²) in [7, 11) is 1.39. The van der Waals surface area contributed by atoms with Gasteiger partial charge in [-0.25, -0.2) is 4.39 Å². The monoisotopic (exact) mass is 373 g/mol. The number of hydrogen-bond donors (Lipinski definition) is 0. The average molecular weight is 374 g/mol. The van der Waals surface area contributed by atoms with E-state index in [1.54, 1.807) is 13.8 Å². The number of nitrogens with zero attached hydrogens (tertiary/aromatic N) is 1. The maximum atomic E-state index is 14.0. The zero-order chi connectivity index (χ0) is 18.8. The predicted octanol–water partition coefficient (Wildman–Crippen LogP) is 5.67. The Balaban J connectivity index is 2.08. The van der Waals surface area contributed by atoms with E-state index in [1.165, 1.54) is 7.11 Å². The molecule has 0 fully saturated rings. The summed E-state index contributed by atoms with van der Waals surface area (Å²) in [4.78, 5) is 11.4. The summed E-state index contributed by atoms with van der Waals surface area (Å²) in [6.45, 7) is 4.20. The Kier molecular flexibility index (Phi) is 5.33. The quantitative estimate of drug-likeness (QED) is 0.539. The molecule has 0 amide bonds. The number of methoxy groups -OCH3 is 1. The van der Waals surface area contributed by atoms with E-state index in [-0.39, 0.29) is 11.8 Å². The van der Waals surface area contributed by atoms with Gasteiger partial charge >= 0.3 is 5.97 Å². The van der Waals surface area contributed by atoms with Crippen molar-refractivity contribution in [3.63, 3.8) is 0 Å². The number of aromatic nitrogens is 1. The first-order valence-electron chi connectivity index (χ1n) is 8.53. The number of aryl methyl sites for hydroxylation is 3. The van der Waals surface area contributed by atoms with E-state index in [0.717, 1.165) is 22.2 Å². The van der Waals surface area contributed by atoms with E-state index in [1.807, 2.05) is 30.3 Å². The van der Waals surface area contributed by atoms with E-state index >= 15 is 0 Å². The predicted molar refractivity (Wildman–Crippen MR) is 103 cm³/mol. The van der Waals surface area contributed by atoms with Crippen LogP contribution < -0.4 is 0 Å². The van der Waals surface area contributed by atoms with Crippen molar-refractivity contribution < 1.29 is 13.9 Å². The number of halogens is 2. The highest BCUT2D eigenvalue weighted by Gasteiger charge is 2.14. The Morgan fingerprint density at radius 1 is 1.15 bits per heavy atom. The minimum Gasteiger partial charge on any atom is -0.469 e. The highest BCUT2D eigenvalue weighted by molar-refractivity contribution is 6.31. The first-order chi connectivity index (χ1) is 12.4. The number of hydrogen-bond acceptors (Lipinski definition) is 2. The van der Waals surface area contributed by atoms with Gasteiger partial charge in [0.15, 0.2) is 0 Å². The van der Waals surface area contributed by atoms with Gasteiger partial charge in [-0.15, -0.1) is 0 Å². The molecule has 0 spiro atoms. The fourth-order valence-electron chi connectivity index (χ4n) is 3.30. The molecule has 0 aliphatic rings. The summed E-state index contributed by atoms with van der Waals surface area (Å²) in [6, 6.07) is 11.5. The van der Waals surface area contributed by atoms with Crippen LogP contribution in [0.3, 0.4) is 0 Å². The van der Waals surface area contributed by atoms with E-state index in [4.69, 9.17) is 16.3 Å². The second-order valence-electron chi connectivity index (χ2n) is 6.49. The van der Waals surface area contributed by atoms with Gasteiger partial charge in [0.1, 0.15) is 5.82 Å². The molecule has 0 aliphatic carbocycles. The van der Waals surface area contributed by atoms with Crippen molar-refractivity contribution in [1.82, 2.24) is 4.57 Å². The van der Waals surface area contributed by atoms with Crippen molar-refractivity contribution in [3.8, 4) is 11.3 Å². The zero-order valence-corrected chi connectivity index (χ0v) is 15.9. The highest BCUT2D eigenvalue weighted by Crippen LogP contribution is 2.32.